The zero-order valence-corrected chi connectivity index (χ0v) is 18.0. The zero-order valence-electron chi connectivity index (χ0n) is 17.2. The number of halogens is 1. The second-order valence-corrected chi connectivity index (χ2v) is 9.02. The molecule has 0 unspecified atom stereocenters. The summed E-state index contributed by atoms with van der Waals surface area (Å²) in [4.78, 5) is 3.93. The first-order valence-corrected chi connectivity index (χ1v) is 10.5. The summed E-state index contributed by atoms with van der Waals surface area (Å²) in [5, 5.41) is 13.5. The molecule has 6 nitrogen and oxygen atoms in total. The summed E-state index contributed by atoms with van der Waals surface area (Å²) >= 11 is 6.16. The highest BCUT2D eigenvalue weighted by Gasteiger charge is 2.36. The van der Waals surface area contributed by atoms with Gasteiger partial charge in [-0.2, -0.15) is 0 Å². The fraction of sp³-hybridized carbons (Fsp3) is 0.409. The molecule has 4 rings (SSSR count). The Labute approximate surface area is 177 Å². The predicted octanol–water partition coefficient (Wildman–Crippen LogP) is 2.58. The largest absolute Gasteiger partial charge is 0.360 e. The molecule has 1 atom stereocenters. The smallest absolute Gasteiger partial charge is 0.214 e. The van der Waals surface area contributed by atoms with Gasteiger partial charge in [-0.15, -0.1) is 5.10 Å². The van der Waals surface area contributed by atoms with Gasteiger partial charge in [0.2, 0.25) is 5.82 Å². The van der Waals surface area contributed by atoms with E-state index in [1.165, 1.54) is 16.2 Å². The molecule has 1 fully saturated rings. The molecule has 1 aliphatic rings. The SMILES string of the molecule is CC(C)(C)n1nnnc1[C@H](c1ccc(Cl)cc1)[NH+]1CCN(c2ccccc2)CC1. The summed E-state index contributed by atoms with van der Waals surface area (Å²) in [7, 11) is 0. The maximum atomic E-state index is 6.16. The first-order chi connectivity index (χ1) is 13.9. The highest BCUT2D eigenvalue weighted by Crippen LogP contribution is 2.24. The predicted molar refractivity (Wildman–Crippen MR) is 115 cm³/mol. The van der Waals surface area contributed by atoms with E-state index in [0.29, 0.717) is 0 Å². The lowest BCUT2D eigenvalue weighted by molar-refractivity contribution is -0.927. The van der Waals surface area contributed by atoms with Crippen molar-refractivity contribution in [2.45, 2.75) is 32.4 Å². The first kappa shape index (κ1) is 19.9. The summed E-state index contributed by atoms with van der Waals surface area (Å²) in [6, 6.07) is 18.8. The maximum Gasteiger partial charge on any atom is 0.214 e. The Morgan fingerprint density at radius 1 is 0.966 bits per heavy atom. The Bertz CT molecular complexity index is 924. The fourth-order valence-electron chi connectivity index (χ4n) is 4.05. The molecule has 2 aromatic carbocycles. The Balaban J connectivity index is 1.64. The monoisotopic (exact) mass is 411 g/mol. The van der Waals surface area contributed by atoms with Crippen LogP contribution in [0.15, 0.2) is 54.6 Å². The molecule has 0 bridgehead atoms. The van der Waals surface area contributed by atoms with Crippen molar-refractivity contribution >= 4 is 17.3 Å². The van der Waals surface area contributed by atoms with Crippen LogP contribution in [0.5, 0.6) is 0 Å². The summed E-state index contributed by atoms with van der Waals surface area (Å²) < 4.78 is 1.96. The number of hydrogen-bond acceptors (Lipinski definition) is 4. The molecule has 1 saturated heterocycles. The van der Waals surface area contributed by atoms with Crippen molar-refractivity contribution in [2.24, 2.45) is 0 Å². The van der Waals surface area contributed by atoms with Crippen molar-refractivity contribution in [3.63, 3.8) is 0 Å². The van der Waals surface area contributed by atoms with Gasteiger partial charge in [0.1, 0.15) is 0 Å². The number of tetrazole rings is 1. The summed E-state index contributed by atoms with van der Waals surface area (Å²) in [5.41, 5.74) is 2.29. The van der Waals surface area contributed by atoms with Crippen LogP contribution in [0.2, 0.25) is 5.02 Å². The molecule has 1 aliphatic heterocycles. The van der Waals surface area contributed by atoms with Gasteiger partial charge in [0, 0.05) is 16.3 Å². The lowest BCUT2D eigenvalue weighted by Crippen LogP contribution is -3.15. The van der Waals surface area contributed by atoms with Gasteiger partial charge in [-0.05, 0) is 55.5 Å². The second-order valence-electron chi connectivity index (χ2n) is 8.59. The van der Waals surface area contributed by atoms with E-state index < -0.39 is 0 Å². The highest BCUT2D eigenvalue weighted by molar-refractivity contribution is 6.30. The highest BCUT2D eigenvalue weighted by atomic mass is 35.5. The van der Waals surface area contributed by atoms with Crippen LogP contribution in [0.25, 0.3) is 0 Å². The van der Waals surface area contributed by atoms with Crippen LogP contribution in [0.1, 0.15) is 38.2 Å². The first-order valence-electron chi connectivity index (χ1n) is 10.1. The maximum absolute atomic E-state index is 6.16. The minimum absolute atomic E-state index is 0.0689. The topological polar surface area (TPSA) is 51.3 Å². The lowest BCUT2D eigenvalue weighted by atomic mass is 10.0. The molecule has 152 valence electrons. The molecule has 29 heavy (non-hydrogen) atoms. The average molecular weight is 412 g/mol. The number of benzene rings is 2. The standard InChI is InChI=1S/C22H27ClN6/c1-22(2,3)29-21(24-25-26-29)20(17-9-11-18(23)12-10-17)28-15-13-27(14-16-28)19-7-5-4-6-8-19/h4-12,20H,13-16H2,1-3H3/p+1/t20-/m0/s1. The van der Waals surface area contributed by atoms with E-state index in [9.17, 15) is 0 Å². The van der Waals surface area contributed by atoms with Crippen LogP contribution in [0, 0.1) is 0 Å². The van der Waals surface area contributed by atoms with E-state index in [1.807, 2.05) is 16.8 Å². The fourth-order valence-corrected chi connectivity index (χ4v) is 4.18. The average Bonchev–Trinajstić information content (AvgIpc) is 3.21. The number of quaternary nitrogens is 1. The Morgan fingerprint density at radius 3 is 2.24 bits per heavy atom. The van der Waals surface area contributed by atoms with Gasteiger partial charge in [0.15, 0.2) is 6.04 Å². The Morgan fingerprint density at radius 2 is 1.62 bits per heavy atom. The van der Waals surface area contributed by atoms with Gasteiger partial charge >= 0.3 is 0 Å². The number of piperazine rings is 1. The molecule has 1 aromatic heterocycles. The second kappa shape index (κ2) is 8.13. The van der Waals surface area contributed by atoms with E-state index in [2.05, 4.69) is 83.7 Å². The molecule has 0 radical (unpaired) electrons. The Kier molecular flexibility index (Phi) is 5.56. The van der Waals surface area contributed by atoms with E-state index in [-0.39, 0.29) is 11.6 Å². The third-order valence-corrected chi connectivity index (χ3v) is 5.78. The molecule has 7 heteroatoms. The third-order valence-electron chi connectivity index (χ3n) is 5.53. The number of aromatic nitrogens is 4. The molecule has 0 amide bonds. The van der Waals surface area contributed by atoms with Crippen LogP contribution in [0.3, 0.4) is 0 Å². The molecule has 2 heterocycles. The van der Waals surface area contributed by atoms with Gasteiger partial charge in [0.05, 0.1) is 31.7 Å². The van der Waals surface area contributed by atoms with Gasteiger partial charge in [-0.25, -0.2) is 4.68 Å². The minimum Gasteiger partial charge on any atom is -0.360 e. The Hall–Kier alpha value is -2.44. The quantitative estimate of drug-likeness (QED) is 0.717. The van der Waals surface area contributed by atoms with Crippen molar-refractivity contribution in [3.05, 3.63) is 71.0 Å². The molecular weight excluding hydrogens is 384 g/mol. The van der Waals surface area contributed by atoms with E-state index in [1.54, 1.807) is 0 Å². The van der Waals surface area contributed by atoms with Gasteiger partial charge in [-0.1, -0.05) is 41.9 Å². The van der Waals surface area contributed by atoms with Crippen LogP contribution in [-0.2, 0) is 5.54 Å². The van der Waals surface area contributed by atoms with Crippen molar-refractivity contribution in [2.75, 3.05) is 31.1 Å². The minimum atomic E-state index is -0.186. The normalized spacial score (nSPS) is 16.8. The van der Waals surface area contributed by atoms with E-state index >= 15 is 0 Å². The molecular formula is C22H28ClN6+. The lowest BCUT2D eigenvalue weighted by Gasteiger charge is -2.37. The number of nitrogens with one attached hydrogen (secondary N) is 1. The molecule has 3 aromatic rings. The molecule has 0 spiro atoms. The van der Waals surface area contributed by atoms with E-state index in [0.717, 1.165) is 37.0 Å². The molecule has 1 N–H and O–H groups in total. The summed E-state index contributed by atoms with van der Waals surface area (Å²) in [5.74, 6) is 0.906. The number of rotatable bonds is 4. The number of nitrogens with zero attached hydrogens (tertiary/aromatic N) is 5. The van der Waals surface area contributed by atoms with Crippen molar-refractivity contribution in [1.29, 1.82) is 0 Å². The van der Waals surface area contributed by atoms with E-state index in [4.69, 9.17) is 11.6 Å². The van der Waals surface area contributed by atoms with Crippen LogP contribution >= 0.6 is 11.6 Å². The number of anilines is 1. The van der Waals surface area contributed by atoms with Crippen LogP contribution in [0.4, 0.5) is 5.69 Å². The summed E-state index contributed by atoms with van der Waals surface area (Å²) in [6.45, 7) is 10.4. The number of hydrogen-bond donors (Lipinski definition) is 1. The molecule has 0 saturated carbocycles. The zero-order chi connectivity index (χ0) is 20.4. The van der Waals surface area contributed by atoms with Crippen LogP contribution < -0.4 is 9.80 Å². The van der Waals surface area contributed by atoms with Crippen molar-refractivity contribution < 1.29 is 4.90 Å². The number of para-hydroxylation sites is 1. The summed E-state index contributed by atoms with van der Waals surface area (Å²) in [6.07, 6.45) is 0. The molecule has 0 aliphatic carbocycles. The van der Waals surface area contributed by atoms with Crippen molar-refractivity contribution in [1.82, 2.24) is 20.2 Å². The van der Waals surface area contributed by atoms with Crippen LogP contribution in [-0.4, -0.2) is 46.4 Å². The van der Waals surface area contributed by atoms with Gasteiger partial charge in [-0.3, -0.25) is 0 Å². The van der Waals surface area contributed by atoms with Gasteiger partial charge < -0.3 is 9.80 Å². The third kappa shape index (κ3) is 4.28. The van der Waals surface area contributed by atoms with Crippen molar-refractivity contribution in [3.8, 4) is 0 Å². The van der Waals surface area contributed by atoms with Gasteiger partial charge in [0.25, 0.3) is 0 Å².